The second kappa shape index (κ2) is 6.01. The predicted octanol–water partition coefficient (Wildman–Crippen LogP) is 1.55. The van der Waals surface area contributed by atoms with Gasteiger partial charge >= 0.3 is 16.1 Å². The van der Waals surface area contributed by atoms with Crippen LogP contribution in [-0.4, -0.2) is 44.1 Å². The Kier molecular flexibility index (Phi) is 4.26. The number of carbonyl (C=O) groups is 1. The Hall–Kier alpha value is -2.10. The fraction of sp³-hybridized carbons (Fsp3) is 0.438. The molecule has 0 aromatic heterocycles. The summed E-state index contributed by atoms with van der Waals surface area (Å²) in [6, 6.07) is 5.87. The van der Waals surface area contributed by atoms with Gasteiger partial charge in [0.1, 0.15) is 11.0 Å². The van der Waals surface area contributed by atoms with Crippen LogP contribution in [-0.2, 0) is 33.3 Å². The number of hydrogen-bond acceptors (Lipinski definition) is 8. The van der Waals surface area contributed by atoms with Crippen molar-refractivity contribution in [2.45, 2.75) is 43.7 Å². The van der Waals surface area contributed by atoms with Gasteiger partial charge in [0.15, 0.2) is 17.7 Å². The molecule has 0 unspecified atom stereocenters. The Morgan fingerprint density at radius 3 is 2.44 bits per heavy atom. The smallest absolute Gasteiger partial charge is 0.380 e. The van der Waals surface area contributed by atoms with Gasteiger partial charge in [-0.3, -0.25) is 0 Å². The Morgan fingerprint density at radius 1 is 1.24 bits per heavy atom. The van der Waals surface area contributed by atoms with Crippen LogP contribution in [0, 0.1) is 6.92 Å². The molecule has 0 spiro atoms. The number of aliphatic hydroxyl groups is 1. The summed E-state index contributed by atoms with van der Waals surface area (Å²) < 4.78 is 45.3. The van der Waals surface area contributed by atoms with Crippen LogP contribution in [0.3, 0.4) is 0 Å². The van der Waals surface area contributed by atoms with Crippen molar-refractivity contribution < 1.29 is 36.7 Å². The molecule has 2 heterocycles. The fourth-order valence-corrected chi connectivity index (χ4v) is 3.45. The monoisotopic (exact) mass is 370 g/mol. The van der Waals surface area contributed by atoms with Gasteiger partial charge < -0.3 is 23.5 Å². The molecule has 0 radical (unpaired) electrons. The minimum Gasteiger partial charge on any atom is -0.505 e. The SMILES string of the molecule is Cc1ccc(S(=O)(=O)OC2=C(O)[C@@H]([C@@H]3COC(C)(C)O3)OC2=O)cc1. The zero-order chi connectivity index (χ0) is 18.4. The molecule has 3 rings (SSSR count). The zero-order valence-corrected chi connectivity index (χ0v) is 14.7. The highest BCUT2D eigenvalue weighted by atomic mass is 32.2. The number of aryl methyl sites for hydroxylation is 1. The summed E-state index contributed by atoms with van der Waals surface area (Å²) in [5.74, 6) is -3.37. The highest BCUT2D eigenvalue weighted by Gasteiger charge is 2.48. The highest BCUT2D eigenvalue weighted by molar-refractivity contribution is 7.86. The van der Waals surface area contributed by atoms with Gasteiger partial charge in [-0.15, -0.1) is 0 Å². The number of aliphatic hydroxyl groups excluding tert-OH is 1. The summed E-state index contributed by atoms with van der Waals surface area (Å²) in [5, 5.41) is 10.2. The Bertz CT molecular complexity index is 822. The first-order valence-electron chi connectivity index (χ1n) is 7.56. The summed E-state index contributed by atoms with van der Waals surface area (Å²) in [7, 11) is -4.29. The number of rotatable bonds is 4. The Morgan fingerprint density at radius 2 is 1.88 bits per heavy atom. The van der Waals surface area contributed by atoms with Crippen LogP contribution in [0.5, 0.6) is 0 Å². The molecule has 1 aromatic rings. The van der Waals surface area contributed by atoms with E-state index in [1.165, 1.54) is 12.1 Å². The van der Waals surface area contributed by atoms with Gasteiger partial charge in [0.25, 0.3) is 5.76 Å². The lowest BCUT2D eigenvalue weighted by molar-refractivity contribution is -0.162. The third-order valence-electron chi connectivity index (χ3n) is 3.79. The van der Waals surface area contributed by atoms with E-state index in [1.807, 2.05) is 0 Å². The predicted molar refractivity (Wildman–Crippen MR) is 83.9 cm³/mol. The van der Waals surface area contributed by atoms with Gasteiger partial charge in [-0.2, -0.15) is 8.42 Å². The van der Waals surface area contributed by atoms with E-state index in [0.717, 1.165) is 5.56 Å². The molecule has 0 amide bonds. The largest absolute Gasteiger partial charge is 0.505 e. The number of hydrogen-bond donors (Lipinski definition) is 1. The minimum atomic E-state index is -4.29. The molecule has 1 fully saturated rings. The van der Waals surface area contributed by atoms with Crippen LogP contribution >= 0.6 is 0 Å². The molecule has 2 aliphatic rings. The average Bonchev–Trinajstić information content (AvgIpc) is 3.01. The molecule has 0 bridgehead atoms. The third kappa shape index (κ3) is 3.48. The van der Waals surface area contributed by atoms with Gasteiger partial charge in [0.05, 0.1) is 6.61 Å². The van der Waals surface area contributed by atoms with E-state index in [9.17, 15) is 18.3 Å². The number of cyclic esters (lactones) is 1. The van der Waals surface area contributed by atoms with E-state index in [2.05, 4.69) is 0 Å². The van der Waals surface area contributed by atoms with Gasteiger partial charge in [-0.1, -0.05) is 17.7 Å². The topological polar surface area (TPSA) is 108 Å². The molecular formula is C16H18O8S. The van der Waals surface area contributed by atoms with E-state index in [1.54, 1.807) is 32.9 Å². The quantitative estimate of drug-likeness (QED) is 0.628. The lowest BCUT2D eigenvalue weighted by Gasteiger charge is -2.19. The Labute approximate surface area is 145 Å². The van der Waals surface area contributed by atoms with Crippen molar-refractivity contribution in [3.63, 3.8) is 0 Å². The van der Waals surface area contributed by atoms with Gasteiger partial charge in [0, 0.05) is 0 Å². The van der Waals surface area contributed by atoms with Crippen molar-refractivity contribution in [2.75, 3.05) is 6.61 Å². The second-order valence-electron chi connectivity index (χ2n) is 6.26. The normalized spacial score (nSPS) is 26.0. The first kappa shape index (κ1) is 17.7. The fourth-order valence-electron chi connectivity index (χ4n) is 2.51. The van der Waals surface area contributed by atoms with Crippen molar-refractivity contribution >= 4 is 16.1 Å². The third-order valence-corrected chi connectivity index (χ3v) is 5.03. The van der Waals surface area contributed by atoms with Crippen molar-refractivity contribution in [3.05, 3.63) is 41.3 Å². The average molecular weight is 370 g/mol. The number of ether oxygens (including phenoxy) is 3. The maximum Gasteiger partial charge on any atom is 0.380 e. The van der Waals surface area contributed by atoms with Crippen molar-refractivity contribution in [1.29, 1.82) is 0 Å². The van der Waals surface area contributed by atoms with Crippen LogP contribution in [0.25, 0.3) is 0 Å². The van der Waals surface area contributed by atoms with Crippen LogP contribution in [0.2, 0.25) is 0 Å². The second-order valence-corrected chi connectivity index (χ2v) is 7.80. The highest BCUT2D eigenvalue weighted by Crippen LogP contribution is 2.33. The van der Waals surface area contributed by atoms with E-state index in [-0.39, 0.29) is 11.5 Å². The van der Waals surface area contributed by atoms with Crippen LogP contribution in [0.1, 0.15) is 19.4 Å². The summed E-state index contributed by atoms with van der Waals surface area (Å²) in [6.07, 6.45) is -1.94. The summed E-state index contributed by atoms with van der Waals surface area (Å²) in [5.41, 5.74) is 0.863. The van der Waals surface area contributed by atoms with E-state index >= 15 is 0 Å². The Balaban J connectivity index is 1.83. The molecule has 0 aliphatic carbocycles. The van der Waals surface area contributed by atoms with Gasteiger partial charge in [0.2, 0.25) is 0 Å². The van der Waals surface area contributed by atoms with Crippen molar-refractivity contribution in [2.24, 2.45) is 0 Å². The minimum absolute atomic E-state index is 0.0764. The van der Waals surface area contributed by atoms with Crippen molar-refractivity contribution in [3.8, 4) is 0 Å². The lowest BCUT2D eigenvalue weighted by atomic mass is 10.2. The van der Waals surface area contributed by atoms with Crippen molar-refractivity contribution in [1.82, 2.24) is 0 Å². The molecule has 0 saturated carbocycles. The molecule has 136 valence electrons. The van der Waals surface area contributed by atoms with Crippen LogP contribution in [0.15, 0.2) is 40.7 Å². The molecule has 1 aromatic carbocycles. The van der Waals surface area contributed by atoms with Crippen LogP contribution in [0.4, 0.5) is 0 Å². The van der Waals surface area contributed by atoms with Crippen LogP contribution < -0.4 is 0 Å². The standard InChI is InChI=1S/C16H18O8S/c1-9-4-6-10(7-5-9)25(19,20)24-14-12(17)13(22-15(14)18)11-8-21-16(2,3)23-11/h4-7,11,13,17H,8H2,1-3H3/t11-,13+/m0/s1. The molecule has 25 heavy (non-hydrogen) atoms. The summed E-state index contributed by atoms with van der Waals surface area (Å²) >= 11 is 0. The maximum atomic E-state index is 12.3. The first-order valence-corrected chi connectivity index (χ1v) is 8.97. The van der Waals surface area contributed by atoms with Gasteiger partial charge in [-0.05, 0) is 32.9 Å². The van der Waals surface area contributed by atoms with E-state index < -0.39 is 45.6 Å². The lowest BCUT2D eigenvalue weighted by Crippen LogP contribution is -2.32. The molecule has 8 nitrogen and oxygen atoms in total. The summed E-state index contributed by atoms with van der Waals surface area (Å²) in [4.78, 5) is 11.8. The maximum absolute atomic E-state index is 12.3. The number of benzene rings is 1. The van der Waals surface area contributed by atoms with E-state index in [4.69, 9.17) is 18.4 Å². The molecular weight excluding hydrogens is 352 g/mol. The first-order chi connectivity index (χ1) is 11.6. The van der Waals surface area contributed by atoms with Gasteiger partial charge in [-0.25, -0.2) is 4.79 Å². The molecule has 1 N–H and O–H groups in total. The summed E-state index contributed by atoms with van der Waals surface area (Å²) in [6.45, 7) is 5.22. The molecule has 9 heteroatoms. The zero-order valence-electron chi connectivity index (χ0n) is 13.9. The number of carbonyl (C=O) groups excluding carboxylic acids is 1. The number of esters is 1. The van der Waals surface area contributed by atoms with E-state index in [0.29, 0.717) is 0 Å². The molecule has 2 atom stereocenters. The molecule has 1 saturated heterocycles. The molecule has 2 aliphatic heterocycles.